The molecule has 1 fully saturated rings. The number of carbonyl (C=O) groups excluding carboxylic acids is 1. The van der Waals surface area contributed by atoms with Crippen LogP contribution in [0.2, 0.25) is 0 Å². The smallest absolute Gasteiger partial charge is 0.224 e. The van der Waals surface area contributed by atoms with Crippen LogP contribution in [0, 0.1) is 0 Å². The zero-order valence-electron chi connectivity index (χ0n) is 14.6. The summed E-state index contributed by atoms with van der Waals surface area (Å²) in [5, 5.41) is 10.3. The third-order valence-corrected chi connectivity index (χ3v) is 4.40. The number of carbonyl (C=O) groups is 1. The fourth-order valence-electron chi connectivity index (χ4n) is 2.79. The van der Waals surface area contributed by atoms with Crippen LogP contribution < -0.4 is 0 Å². The van der Waals surface area contributed by atoms with Gasteiger partial charge in [-0.1, -0.05) is 6.07 Å². The molecule has 1 N–H and O–H groups in total. The quantitative estimate of drug-likeness (QED) is 0.763. The fraction of sp³-hybridized carbons (Fsp3) is 0.647. The van der Waals surface area contributed by atoms with Gasteiger partial charge in [-0.3, -0.25) is 9.78 Å². The van der Waals surface area contributed by atoms with Crippen molar-refractivity contribution in [3.63, 3.8) is 0 Å². The first-order valence-corrected chi connectivity index (χ1v) is 8.15. The Morgan fingerprint density at radius 2 is 2.21 bits per heavy atom. The summed E-state index contributed by atoms with van der Waals surface area (Å²) in [5.74, 6) is -0.0210. The molecule has 0 aliphatic carbocycles. The Bertz CT molecular complexity index is 514. The second-order valence-corrected chi connectivity index (χ2v) is 6.18. The van der Waals surface area contributed by atoms with Gasteiger partial charge in [-0.2, -0.15) is 0 Å². The van der Waals surface area contributed by atoms with Gasteiger partial charge >= 0.3 is 0 Å². The van der Waals surface area contributed by atoms with E-state index in [0.29, 0.717) is 32.7 Å². The molecule has 1 aromatic heterocycles. The first-order chi connectivity index (χ1) is 11.5. The van der Waals surface area contributed by atoms with Crippen LogP contribution in [0.4, 0.5) is 0 Å². The Labute approximate surface area is 143 Å². The number of aliphatic hydroxyl groups is 1. The number of likely N-dealkylation sites (N-methyl/N-ethyl adjacent to an activating group) is 1. The zero-order chi connectivity index (χ0) is 17.5. The molecule has 1 aliphatic heterocycles. The zero-order valence-corrected chi connectivity index (χ0v) is 14.6. The summed E-state index contributed by atoms with van der Waals surface area (Å²) >= 11 is 0. The van der Waals surface area contributed by atoms with Gasteiger partial charge in [0.25, 0.3) is 0 Å². The highest BCUT2D eigenvalue weighted by Gasteiger charge is 2.36. The van der Waals surface area contributed by atoms with Crippen LogP contribution in [0.15, 0.2) is 24.4 Å². The highest BCUT2D eigenvalue weighted by atomic mass is 16.5. The van der Waals surface area contributed by atoms with Gasteiger partial charge < -0.3 is 24.4 Å². The Hall–Kier alpha value is -1.54. The summed E-state index contributed by atoms with van der Waals surface area (Å²) in [6.45, 7) is 1.99. The van der Waals surface area contributed by atoms with Crippen LogP contribution in [0.25, 0.3) is 0 Å². The summed E-state index contributed by atoms with van der Waals surface area (Å²) < 4.78 is 10.6. The highest BCUT2D eigenvalue weighted by Crippen LogP contribution is 2.16. The van der Waals surface area contributed by atoms with E-state index < -0.39 is 12.2 Å². The van der Waals surface area contributed by atoms with Crippen LogP contribution >= 0.6 is 0 Å². The van der Waals surface area contributed by atoms with Crippen molar-refractivity contribution in [3.8, 4) is 0 Å². The van der Waals surface area contributed by atoms with Gasteiger partial charge in [0.05, 0.1) is 24.9 Å². The standard InChI is InChI=1S/C17H27N3O4/c1-19(10-13-6-4-5-8-18-13)9-7-16(21)20(2)14-11-24-12-15(23-3)17(14)22/h4-6,8,14-15,17,22H,7,9-12H2,1-3H3/t14-,15-,17+/m1/s1. The minimum absolute atomic E-state index is 0.0210. The molecule has 3 atom stereocenters. The van der Waals surface area contributed by atoms with Crippen molar-refractivity contribution >= 4 is 5.91 Å². The van der Waals surface area contributed by atoms with Gasteiger partial charge in [0, 0.05) is 39.9 Å². The molecule has 0 saturated carbocycles. The van der Waals surface area contributed by atoms with Gasteiger partial charge in [0.1, 0.15) is 12.2 Å². The molecular formula is C17H27N3O4. The minimum Gasteiger partial charge on any atom is -0.388 e. The summed E-state index contributed by atoms with van der Waals surface area (Å²) in [4.78, 5) is 20.3. The van der Waals surface area contributed by atoms with Crippen LogP contribution in [-0.4, -0.2) is 85.0 Å². The van der Waals surface area contributed by atoms with E-state index in [2.05, 4.69) is 9.88 Å². The predicted octanol–water partition coefficient (Wildman–Crippen LogP) is 0.137. The molecular weight excluding hydrogens is 310 g/mol. The van der Waals surface area contributed by atoms with Crippen LogP contribution in [0.3, 0.4) is 0 Å². The van der Waals surface area contributed by atoms with Crippen molar-refractivity contribution in [3.05, 3.63) is 30.1 Å². The van der Waals surface area contributed by atoms with E-state index >= 15 is 0 Å². The van der Waals surface area contributed by atoms with Crippen LogP contribution in [0.5, 0.6) is 0 Å². The lowest BCUT2D eigenvalue weighted by Crippen LogP contribution is -2.57. The molecule has 7 heteroatoms. The second kappa shape index (κ2) is 9.08. The topological polar surface area (TPSA) is 75.1 Å². The Kier molecular flexibility index (Phi) is 7.11. The van der Waals surface area contributed by atoms with E-state index in [1.165, 1.54) is 7.11 Å². The van der Waals surface area contributed by atoms with Crippen molar-refractivity contribution in [1.29, 1.82) is 0 Å². The number of hydrogen-bond acceptors (Lipinski definition) is 6. The van der Waals surface area contributed by atoms with Gasteiger partial charge in [-0.25, -0.2) is 0 Å². The van der Waals surface area contributed by atoms with Gasteiger partial charge in [0.2, 0.25) is 5.91 Å². The lowest BCUT2D eigenvalue weighted by Gasteiger charge is -2.39. The molecule has 2 heterocycles. The predicted molar refractivity (Wildman–Crippen MR) is 89.4 cm³/mol. The third-order valence-electron chi connectivity index (χ3n) is 4.40. The monoisotopic (exact) mass is 337 g/mol. The largest absolute Gasteiger partial charge is 0.388 e. The van der Waals surface area contributed by atoms with Crippen molar-refractivity contribution in [2.45, 2.75) is 31.2 Å². The number of aliphatic hydroxyl groups excluding tert-OH is 1. The Morgan fingerprint density at radius 3 is 2.88 bits per heavy atom. The number of methoxy groups -OCH3 is 1. The van der Waals surface area contributed by atoms with E-state index in [0.717, 1.165) is 5.69 Å². The van der Waals surface area contributed by atoms with Gasteiger partial charge in [-0.05, 0) is 19.2 Å². The number of ether oxygens (including phenoxy) is 2. The molecule has 0 spiro atoms. The molecule has 0 radical (unpaired) electrons. The molecule has 1 aromatic rings. The van der Waals surface area contributed by atoms with Crippen LogP contribution in [-0.2, 0) is 20.8 Å². The molecule has 0 aromatic carbocycles. The second-order valence-electron chi connectivity index (χ2n) is 6.18. The van der Waals surface area contributed by atoms with Gasteiger partial charge in [0.15, 0.2) is 0 Å². The summed E-state index contributed by atoms with van der Waals surface area (Å²) in [5.41, 5.74) is 0.972. The molecule has 134 valence electrons. The lowest BCUT2D eigenvalue weighted by molar-refractivity contribution is -0.158. The van der Waals surface area contributed by atoms with E-state index in [-0.39, 0.29) is 11.9 Å². The normalized spacial score (nSPS) is 24.1. The SMILES string of the molecule is CO[C@@H]1COC[C@@H](N(C)C(=O)CCN(C)Cc2ccccn2)[C@@H]1O. The first kappa shape index (κ1) is 18.8. The van der Waals surface area contributed by atoms with Crippen molar-refractivity contribution < 1.29 is 19.4 Å². The molecule has 0 bridgehead atoms. The molecule has 2 rings (SSSR count). The number of amides is 1. The summed E-state index contributed by atoms with van der Waals surface area (Å²) in [6, 6.07) is 5.42. The Balaban J connectivity index is 1.80. The van der Waals surface area contributed by atoms with E-state index in [9.17, 15) is 9.90 Å². The molecule has 7 nitrogen and oxygen atoms in total. The maximum Gasteiger partial charge on any atom is 0.224 e. The maximum atomic E-state index is 12.4. The van der Waals surface area contributed by atoms with Crippen LogP contribution in [0.1, 0.15) is 12.1 Å². The number of rotatable bonds is 7. The van der Waals surface area contributed by atoms with Crippen molar-refractivity contribution in [2.24, 2.45) is 0 Å². The summed E-state index contributed by atoms with van der Waals surface area (Å²) in [6.07, 6.45) is 1.01. The maximum absolute atomic E-state index is 12.4. The van der Waals surface area contributed by atoms with Crippen molar-refractivity contribution in [1.82, 2.24) is 14.8 Å². The number of nitrogens with zero attached hydrogens (tertiary/aromatic N) is 3. The number of hydrogen-bond donors (Lipinski definition) is 1. The summed E-state index contributed by atoms with van der Waals surface area (Å²) in [7, 11) is 5.20. The first-order valence-electron chi connectivity index (χ1n) is 8.15. The Morgan fingerprint density at radius 1 is 1.42 bits per heavy atom. The van der Waals surface area contributed by atoms with E-state index in [1.807, 2.05) is 25.2 Å². The highest BCUT2D eigenvalue weighted by molar-refractivity contribution is 5.76. The van der Waals surface area contributed by atoms with Gasteiger partial charge in [-0.15, -0.1) is 0 Å². The lowest BCUT2D eigenvalue weighted by atomic mass is 10.0. The molecule has 1 amide bonds. The minimum atomic E-state index is -0.732. The number of pyridine rings is 1. The average Bonchev–Trinajstić information content (AvgIpc) is 2.60. The molecule has 24 heavy (non-hydrogen) atoms. The molecule has 0 unspecified atom stereocenters. The molecule has 1 saturated heterocycles. The number of aromatic nitrogens is 1. The van der Waals surface area contributed by atoms with Crippen molar-refractivity contribution in [2.75, 3.05) is 41.0 Å². The third kappa shape index (κ3) is 4.98. The fourth-order valence-corrected chi connectivity index (χ4v) is 2.79. The van der Waals surface area contributed by atoms with E-state index in [1.54, 1.807) is 18.1 Å². The average molecular weight is 337 g/mol. The van der Waals surface area contributed by atoms with E-state index in [4.69, 9.17) is 9.47 Å². The molecule has 1 aliphatic rings.